The molecule has 0 bridgehead atoms. The third kappa shape index (κ3) is 3.22. The highest BCUT2D eigenvalue weighted by Crippen LogP contribution is 2.32. The van der Waals surface area contributed by atoms with Gasteiger partial charge in [0.1, 0.15) is 6.04 Å². The lowest BCUT2D eigenvalue weighted by Crippen LogP contribution is -2.43. The van der Waals surface area contributed by atoms with Crippen LogP contribution in [0, 0.1) is 11.8 Å². The Morgan fingerprint density at radius 1 is 1.38 bits per heavy atom. The van der Waals surface area contributed by atoms with Gasteiger partial charge in [-0.1, -0.05) is 13.8 Å². The Kier molecular flexibility index (Phi) is 3.71. The van der Waals surface area contributed by atoms with Crippen molar-refractivity contribution in [1.29, 1.82) is 0 Å². The minimum absolute atomic E-state index is 0.924. The summed E-state index contributed by atoms with van der Waals surface area (Å²) in [7, 11) is 0. The second-order valence-corrected chi connectivity index (χ2v) is 3.05. The predicted octanol–water partition coefficient (Wildman–Crippen LogP) is 1.23. The molecule has 3 unspecified atom stereocenters. The van der Waals surface area contributed by atoms with E-state index in [0.29, 0.717) is 0 Å². The summed E-state index contributed by atoms with van der Waals surface area (Å²) in [5, 5.41) is 8.37. The number of carboxylic acids is 1. The van der Waals surface area contributed by atoms with Gasteiger partial charge in [0.25, 0.3) is 0 Å². The maximum absolute atomic E-state index is 12.1. The Morgan fingerprint density at radius 3 is 2.00 bits per heavy atom. The highest BCUT2D eigenvalue weighted by Gasteiger charge is 2.42. The van der Waals surface area contributed by atoms with Crippen molar-refractivity contribution >= 4 is 5.97 Å². The van der Waals surface area contributed by atoms with E-state index < -0.39 is 30.0 Å². The average Bonchev–Trinajstić information content (AvgIpc) is 1.98. The van der Waals surface area contributed by atoms with Crippen LogP contribution in [0.5, 0.6) is 0 Å². The van der Waals surface area contributed by atoms with E-state index in [1.54, 1.807) is 0 Å². The zero-order valence-electron chi connectivity index (χ0n) is 7.30. The first-order valence-electron chi connectivity index (χ1n) is 3.73. The van der Waals surface area contributed by atoms with Gasteiger partial charge >= 0.3 is 12.1 Å². The van der Waals surface area contributed by atoms with E-state index >= 15 is 0 Å². The quantitative estimate of drug-likeness (QED) is 0.718. The van der Waals surface area contributed by atoms with Gasteiger partial charge in [-0.3, -0.25) is 4.79 Å². The zero-order chi connectivity index (χ0) is 10.8. The van der Waals surface area contributed by atoms with Crippen molar-refractivity contribution in [3.05, 3.63) is 0 Å². The second kappa shape index (κ2) is 3.95. The maximum Gasteiger partial charge on any atom is 0.391 e. The molecule has 0 heterocycles. The first kappa shape index (κ1) is 12.2. The molecule has 0 fully saturated rings. The van der Waals surface area contributed by atoms with Gasteiger partial charge in [0.05, 0.1) is 5.92 Å². The number of hydrogen-bond acceptors (Lipinski definition) is 2. The minimum atomic E-state index is -4.40. The van der Waals surface area contributed by atoms with Crippen LogP contribution in [-0.2, 0) is 4.79 Å². The van der Waals surface area contributed by atoms with Gasteiger partial charge in [-0.2, -0.15) is 13.2 Å². The fraction of sp³-hybridized carbons (Fsp3) is 0.857. The first-order valence-corrected chi connectivity index (χ1v) is 3.73. The molecule has 0 amide bonds. The summed E-state index contributed by atoms with van der Waals surface area (Å²) in [6.45, 7) is 2.10. The standard InChI is InChI=1S/C7H12F3NO2/c1-3(5(11)6(12)13)4(2)7(8,9)10/h3-5H,11H2,1-2H3,(H,12,13). The van der Waals surface area contributed by atoms with Crippen LogP contribution in [0.3, 0.4) is 0 Å². The fourth-order valence-corrected chi connectivity index (χ4v) is 0.834. The lowest BCUT2D eigenvalue weighted by Gasteiger charge is -2.25. The number of halogens is 3. The van der Waals surface area contributed by atoms with Gasteiger partial charge in [-0.15, -0.1) is 0 Å². The largest absolute Gasteiger partial charge is 0.480 e. The summed E-state index contributed by atoms with van der Waals surface area (Å²) in [6.07, 6.45) is -4.40. The van der Waals surface area contributed by atoms with Gasteiger partial charge in [0.15, 0.2) is 0 Å². The normalized spacial score (nSPS) is 19.2. The van der Waals surface area contributed by atoms with E-state index in [2.05, 4.69) is 0 Å². The molecule has 0 aromatic carbocycles. The van der Waals surface area contributed by atoms with Gasteiger partial charge in [0.2, 0.25) is 0 Å². The molecule has 6 heteroatoms. The summed E-state index contributed by atoms with van der Waals surface area (Å²) in [4.78, 5) is 10.3. The molecule has 13 heavy (non-hydrogen) atoms. The lowest BCUT2D eigenvalue weighted by molar-refractivity contribution is -0.185. The van der Waals surface area contributed by atoms with Gasteiger partial charge < -0.3 is 10.8 Å². The van der Waals surface area contributed by atoms with Crippen molar-refractivity contribution in [2.45, 2.75) is 26.1 Å². The Labute approximate surface area is 73.7 Å². The average molecular weight is 199 g/mol. The third-order valence-corrected chi connectivity index (χ3v) is 2.16. The molecule has 3 N–H and O–H groups in total. The summed E-state index contributed by atoms with van der Waals surface area (Å²) in [6, 6.07) is -1.48. The van der Waals surface area contributed by atoms with Crippen LogP contribution < -0.4 is 5.73 Å². The molecular formula is C7H12F3NO2. The van der Waals surface area contributed by atoms with Crippen molar-refractivity contribution in [3.63, 3.8) is 0 Å². The van der Waals surface area contributed by atoms with E-state index in [1.807, 2.05) is 0 Å². The molecule has 0 saturated heterocycles. The number of carboxylic acid groups (broad SMARTS) is 1. The summed E-state index contributed by atoms with van der Waals surface area (Å²) < 4.78 is 36.2. The molecule has 0 aliphatic heterocycles. The van der Waals surface area contributed by atoms with Gasteiger partial charge in [-0.05, 0) is 5.92 Å². The molecule has 0 aromatic heterocycles. The van der Waals surface area contributed by atoms with Gasteiger partial charge in [-0.25, -0.2) is 0 Å². The van der Waals surface area contributed by atoms with Crippen LogP contribution in [-0.4, -0.2) is 23.3 Å². The third-order valence-electron chi connectivity index (χ3n) is 2.16. The van der Waals surface area contributed by atoms with Crippen LogP contribution in [0.4, 0.5) is 13.2 Å². The lowest BCUT2D eigenvalue weighted by atomic mass is 9.89. The summed E-state index contributed by atoms with van der Waals surface area (Å²) in [5.74, 6) is -4.25. The number of rotatable bonds is 3. The van der Waals surface area contributed by atoms with E-state index in [1.165, 1.54) is 6.92 Å². The van der Waals surface area contributed by atoms with Crippen molar-refractivity contribution in [2.24, 2.45) is 17.6 Å². The number of nitrogens with two attached hydrogens (primary N) is 1. The van der Waals surface area contributed by atoms with Crippen molar-refractivity contribution in [2.75, 3.05) is 0 Å². The zero-order valence-corrected chi connectivity index (χ0v) is 7.30. The monoisotopic (exact) mass is 199 g/mol. The minimum Gasteiger partial charge on any atom is -0.480 e. The Hall–Kier alpha value is -0.780. The Morgan fingerprint density at radius 2 is 1.77 bits per heavy atom. The molecule has 0 saturated carbocycles. The summed E-state index contributed by atoms with van der Waals surface area (Å²) in [5.41, 5.74) is 5.06. The predicted molar refractivity (Wildman–Crippen MR) is 40.0 cm³/mol. The van der Waals surface area contributed by atoms with Gasteiger partial charge in [0, 0.05) is 0 Å². The maximum atomic E-state index is 12.1. The van der Waals surface area contributed by atoms with Crippen molar-refractivity contribution in [1.82, 2.24) is 0 Å². The molecule has 0 radical (unpaired) electrons. The van der Waals surface area contributed by atoms with Crippen LogP contribution >= 0.6 is 0 Å². The second-order valence-electron chi connectivity index (χ2n) is 3.05. The number of hydrogen-bond donors (Lipinski definition) is 2. The molecular weight excluding hydrogens is 187 g/mol. The molecule has 3 atom stereocenters. The molecule has 0 aliphatic carbocycles. The van der Waals surface area contributed by atoms with Crippen LogP contribution in [0.15, 0.2) is 0 Å². The topological polar surface area (TPSA) is 63.3 Å². The molecule has 78 valence electrons. The number of aliphatic carboxylic acids is 1. The van der Waals surface area contributed by atoms with Crippen molar-refractivity contribution < 1.29 is 23.1 Å². The highest BCUT2D eigenvalue weighted by atomic mass is 19.4. The molecule has 3 nitrogen and oxygen atoms in total. The van der Waals surface area contributed by atoms with Crippen LogP contribution in [0.2, 0.25) is 0 Å². The molecule has 0 aromatic rings. The fourth-order valence-electron chi connectivity index (χ4n) is 0.834. The number of carbonyl (C=O) groups is 1. The highest BCUT2D eigenvalue weighted by molar-refractivity contribution is 5.73. The van der Waals surface area contributed by atoms with E-state index in [-0.39, 0.29) is 0 Å². The Bertz CT molecular complexity index is 193. The van der Waals surface area contributed by atoms with E-state index in [9.17, 15) is 18.0 Å². The van der Waals surface area contributed by atoms with E-state index in [0.717, 1.165) is 6.92 Å². The molecule has 0 spiro atoms. The molecule has 0 aliphatic rings. The van der Waals surface area contributed by atoms with E-state index in [4.69, 9.17) is 10.8 Å². The van der Waals surface area contributed by atoms with Crippen LogP contribution in [0.1, 0.15) is 13.8 Å². The first-order chi connectivity index (χ1) is 5.68. The Balaban J connectivity index is 4.42. The van der Waals surface area contributed by atoms with Crippen LogP contribution in [0.25, 0.3) is 0 Å². The van der Waals surface area contributed by atoms with Crippen molar-refractivity contribution in [3.8, 4) is 0 Å². The summed E-state index contributed by atoms with van der Waals surface area (Å²) >= 11 is 0. The smallest absolute Gasteiger partial charge is 0.391 e. The number of alkyl halides is 3. The SMILES string of the molecule is CC(C(N)C(=O)O)C(C)C(F)(F)F. The molecule has 0 rings (SSSR count).